The molecule has 0 bridgehead atoms. The third-order valence-electron chi connectivity index (χ3n) is 2.50. The number of rotatable bonds is 9. The lowest BCUT2D eigenvalue weighted by Gasteiger charge is -2.26. The Kier molecular flexibility index (Phi) is 8.66. The molecule has 0 spiro atoms. The molecule has 0 fully saturated rings. The van der Waals surface area contributed by atoms with Crippen LogP contribution in [-0.4, -0.2) is 51.8 Å². The van der Waals surface area contributed by atoms with Crippen LogP contribution in [0.25, 0.3) is 0 Å². The molecule has 0 aromatic rings. The molecule has 0 aliphatic carbocycles. The Morgan fingerprint density at radius 2 is 1.94 bits per heavy atom. The maximum Gasteiger partial charge on any atom is 0.408 e. The molecule has 2 N–H and O–H groups in total. The van der Waals surface area contributed by atoms with Gasteiger partial charge in [0.15, 0.2) is 0 Å². The number of hydrogen-bond acceptors (Lipinski definition) is 3. The van der Waals surface area contributed by atoms with Gasteiger partial charge in [0.05, 0.1) is 0 Å². The number of nitrogens with zero attached hydrogens (tertiary/aromatic N) is 1. The summed E-state index contributed by atoms with van der Waals surface area (Å²) in [6, 6.07) is -0.920. The molecule has 17 heavy (non-hydrogen) atoms. The zero-order chi connectivity index (χ0) is 13.3. The molecular weight excluding hydrogens is 242 g/mol. The molecule has 0 aromatic heterocycles. The van der Waals surface area contributed by atoms with Gasteiger partial charge in [0.2, 0.25) is 0 Å². The normalized spacial score (nSPS) is 12.1. The summed E-state index contributed by atoms with van der Waals surface area (Å²) in [5.74, 6) is -0.410. The molecule has 1 atom stereocenters. The van der Waals surface area contributed by atoms with Gasteiger partial charge in [0, 0.05) is 6.54 Å². The fourth-order valence-corrected chi connectivity index (χ4v) is 2.02. The van der Waals surface area contributed by atoms with Crippen LogP contribution in [0, 0.1) is 0 Å². The lowest BCUT2D eigenvalue weighted by molar-refractivity contribution is -0.142. The second-order valence-corrected chi connectivity index (χ2v) is 4.80. The summed E-state index contributed by atoms with van der Waals surface area (Å²) in [5.41, 5.74) is 0. The van der Waals surface area contributed by atoms with Gasteiger partial charge in [-0.15, -0.1) is 0 Å². The SMILES string of the molecule is CCCCCN(C(=O)O)C(CCSC)C(=O)O. The van der Waals surface area contributed by atoms with Crippen LogP contribution in [0.15, 0.2) is 0 Å². The molecule has 0 heterocycles. The Morgan fingerprint density at radius 3 is 2.35 bits per heavy atom. The average Bonchev–Trinajstić information content (AvgIpc) is 2.26. The van der Waals surface area contributed by atoms with Crippen molar-refractivity contribution >= 4 is 23.8 Å². The van der Waals surface area contributed by atoms with Gasteiger partial charge in [-0.3, -0.25) is 4.90 Å². The number of carboxylic acid groups (broad SMARTS) is 2. The van der Waals surface area contributed by atoms with E-state index in [0.717, 1.165) is 17.7 Å². The summed E-state index contributed by atoms with van der Waals surface area (Å²) >= 11 is 1.52. The van der Waals surface area contributed by atoms with Gasteiger partial charge >= 0.3 is 12.1 Å². The third-order valence-corrected chi connectivity index (χ3v) is 3.15. The van der Waals surface area contributed by atoms with Crippen LogP contribution in [0.2, 0.25) is 0 Å². The van der Waals surface area contributed by atoms with Gasteiger partial charge in [0.25, 0.3) is 0 Å². The number of thioether (sulfide) groups is 1. The second kappa shape index (κ2) is 9.15. The van der Waals surface area contributed by atoms with Crippen molar-refractivity contribution in [1.82, 2.24) is 4.90 Å². The first-order valence-electron chi connectivity index (χ1n) is 5.75. The Morgan fingerprint density at radius 1 is 1.29 bits per heavy atom. The van der Waals surface area contributed by atoms with Crippen molar-refractivity contribution < 1.29 is 19.8 Å². The standard InChI is InChI=1S/C11H21NO4S/c1-3-4-5-7-12(11(15)16)9(10(13)14)6-8-17-2/h9H,3-8H2,1-2H3,(H,13,14)(H,15,16). The number of unbranched alkanes of at least 4 members (excludes halogenated alkanes) is 2. The van der Waals surface area contributed by atoms with Gasteiger partial charge in [-0.1, -0.05) is 19.8 Å². The molecule has 6 heteroatoms. The summed E-state index contributed by atoms with van der Waals surface area (Å²) < 4.78 is 0. The predicted octanol–water partition coefficient (Wildman–Crippen LogP) is 2.36. The highest BCUT2D eigenvalue weighted by atomic mass is 32.2. The Balaban J connectivity index is 4.48. The fourth-order valence-electron chi connectivity index (χ4n) is 1.56. The van der Waals surface area contributed by atoms with E-state index >= 15 is 0 Å². The molecular formula is C11H21NO4S. The number of hydrogen-bond donors (Lipinski definition) is 2. The molecule has 0 saturated heterocycles. The highest BCUT2D eigenvalue weighted by Gasteiger charge is 2.28. The Labute approximate surface area is 106 Å². The van der Waals surface area contributed by atoms with E-state index in [1.165, 1.54) is 11.8 Å². The van der Waals surface area contributed by atoms with Gasteiger partial charge < -0.3 is 10.2 Å². The Hall–Kier alpha value is -0.910. The molecule has 100 valence electrons. The minimum Gasteiger partial charge on any atom is -0.480 e. The third kappa shape index (κ3) is 6.41. The van der Waals surface area contributed by atoms with E-state index in [2.05, 4.69) is 0 Å². The van der Waals surface area contributed by atoms with E-state index in [4.69, 9.17) is 10.2 Å². The zero-order valence-electron chi connectivity index (χ0n) is 10.4. The van der Waals surface area contributed by atoms with Crippen molar-refractivity contribution in [1.29, 1.82) is 0 Å². The summed E-state index contributed by atoms with van der Waals surface area (Å²) in [4.78, 5) is 23.2. The highest BCUT2D eigenvalue weighted by molar-refractivity contribution is 7.98. The van der Waals surface area contributed by atoms with Crippen molar-refractivity contribution in [2.45, 2.75) is 38.6 Å². The van der Waals surface area contributed by atoms with Crippen molar-refractivity contribution in [3.05, 3.63) is 0 Å². The van der Waals surface area contributed by atoms with Gasteiger partial charge in [-0.25, -0.2) is 9.59 Å². The molecule has 1 amide bonds. The van der Waals surface area contributed by atoms with E-state index in [-0.39, 0.29) is 0 Å². The minimum atomic E-state index is -1.14. The summed E-state index contributed by atoms with van der Waals surface area (Å²) in [5, 5.41) is 18.1. The number of carboxylic acids is 1. The molecule has 0 rings (SSSR count). The molecule has 1 unspecified atom stereocenters. The smallest absolute Gasteiger partial charge is 0.408 e. The Bertz CT molecular complexity index is 248. The predicted molar refractivity (Wildman–Crippen MR) is 68.7 cm³/mol. The van der Waals surface area contributed by atoms with Crippen LogP contribution in [0.3, 0.4) is 0 Å². The number of amides is 1. The van der Waals surface area contributed by atoms with E-state index < -0.39 is 18.1 Å². The molecule has 0 aliphatic heterocycles. The lowest BCUT2D eigenvalue weighted by Crippen LogP contribution is -2.45. The summed E-state index contributed by atoms with van der Waals surface area (Å²) in [6.07, 6.45) is 3.70. The van der Waals surface area contributed by atoms with Crippen molar-refractivity contribution in [2.24, 2.45) is 0 Å². The van der Waals surface area contributed by atoms with Crippen molar-refractivity contribution in [3.8, 4) is 0 Å². The van der Waals surface area contributed by atoms with Crippen LogP contribution < -0.4 is 0 Å². The van der Waals surface area contributed by atoms with Crippen LogP contribution >= 0.6 is 11.8 Å². The van der Waals surface area contributed by atoms with E-state index in [1.807, 2.05) is 13.2 Å². The highest BCUT2D eigenvalue weighted by Crippen LogP contribution is 2.11. The van der Waals surface area contributed by atoms with Crippen LogP contribution in [0.1, 0.15) is 32.6 Å². The second-order valence-electron chi connectivity index (χ2n) is 3.82. The van der Waals surface area contributed by atoms with Crippen molar-refractivity contribution in [2.75, 3.05) is 18.6 Å². The molecule has 5 nitrogen and oxygen atoms in total. The maximum absolute atomic E-state index is 11.1. The maximum atomic E-state index is 11.1. The first kappa shape index (κ1) is 16.1. The number of carbonyl (C=O) groups is 2. The first-order chi connectivity index (χ1) is 8.04. The molecule has 0 radical (unpaired) electrons. The zero-order valence-corrected chi connectivity index (χ0v) is 11.2. The molecule has 0 saturated carbocycles. The minimum absolute atomic E-state index is 0.300. The summed E-state index contributed by atoms with van der Waals surface area (Å²) in [6.45, 7) is 2.32. The van der Waals surface area contributed by atoms with Crippen molar-refractivity contribution in [3.63, 3.8) is 0 Å². The molecule has 0 aliphatic rings. The van der Waals surface area contributed by atoms with E-state index in [1.54, 1.807) is 0 Å². The quantitative estimate of drug-likeness (QED) is 0.624. The largest absolute Gasteiger partial charge is 0.480 e. The van der Waals surface area contributed by atoms with Gasteiger partial charge in [-0.05, 0) is 24.9 Å². The van der Waals surface area contributed by atoms with E-state index in [0.29, 0.717) is 25.1 Å². The van der Waals surface area contributed by atoms with Gasteiger partial charge in [-0.2, -0.15) is 11.8 Å². The van der Waals surface area contributed by atoms with Crippen LogP contribution in [-0.2, 0) is 4.79 Å². The van der Waals surface area contributed by atoms with Crippen LogP contribution in [0.5, 0.6) is 0 Å². The monoisotopic (exact) mass is 263 g/mol. The average molecular weight is 263 g/mol. The van der Waals surface area contributed by atoms with E-state index in [9.17, 15) is 9.59 Å². The number of aliphatic carboxylic acids is 1. The van der Waals surface area contributed by atoms with Crippen LogP contribution in [0.4, 0.5) is 4.79 Å². The lowest BCUT2D eigenvalue weighted by atomic mass is 10.1. The van der Waals surface area contributed by atoms with Gasteiger partial charge in [0.1, 0.15) is 6.04 Å². The topological polar surface area (TPSA) is 77.8 Å². The summed E-state index contributed by atoms with van der Waals surface area (Å²) in [7, 11) is 0. The molecule has 0 aromatic carbocycles. The first-order valence-corrected chi connectivity index (χ1v) is 7.15. The fraction of sp³-hybridized carbons (Fsp3) is 0.818.